The second-order valence-corrected chi connectivity index (χ2v) is 9.04. The second-order valence-electron chi connectivity index (χ2n) is 8.13. The number of anilines is 1. The zero-order valence-corrected chi connectivity index (χ0v) is 19.6. The average Bonchev–Trinajstić information content (AvgIpc) is 2.78. The third-order valence-electron chi connectivity index (χ3n) is 5.61. The van der Waals surface area contributed by atoms with E-state index in [2.05, 4.69) is 56.9 Å². The molecule has 1 aliphatic heterocycles. The van der Waals surface area contributed by atoms with Gasteiger partial charge in [0.15, 0.2) is 0 Å². The summed E-state index contributed by atoms with van der Waals surface area (Å²) in [5.74, 6) is 0.611. The van der Waals surface area contributed by atoms with Gasteiger partial charge in [0.25, 0.3) is 5.91 Å². The zero-order valence-electron chi connectivity index (χ0n) is 18.0. The Morgan fingerprint density at radius 3 is 2.81 bits per heavy atom. The Labute approximate surface area is 192 Å². The van der Waals surface area contributed by atoms with E-state index in [1.165, 1.54) is 12.6 Å². The lowest BCUT2D eigenvalue weighted by Gasteiger charge is -2.39. The molecular weight excluding hydrogens is 456 g/mol. The predicted octanol–water partition coefficient (Wildman–Crippen LogP) is 4.55. The lowest BCUT2D eigenvalue weighted by molar-refractivity contribution is -0.115. The molecule has 1 aromatic carbocycles. The number of rotatable bonds is 7. The van der Waals surface area contributed by atoms with Gasteiger partial charge in [-0.3, -0.25) is 14.6 Å². The largest absolute Gasteiger partial charge is 0.371 e. The van der Waals surface area contributed by atoms with Gasteiger partial charge in [-0.1, -0.05) is 42.8 Å². The van der Waals surface area contributed by atoms with Crippen molar-refractivity contribution in [3.05, 3.63) is 64.9 Å². The van der Waals surface area contributed by atoms with Gasteiger partial charge in [0.05, 0.1) is 17.8 Å². The van der Waals surface area contributed by atoms with E-state index in [9.17, 15) is 9.59 Å². The Balaban J connectivity index is 1.68. The van der Waals surface area contributed by atoms with Crippen LogP contribution in [0.3, 0.4) is 0 Å². The van der Waals surface area contributed by atoms with Crippen molar-refractivity contribution in [1.29, 1.82) is 0 Å². The maximum Gasteiger partial charge on any atom is 0.253 e. The molecule has 2 heterocycles. The van der Waals surface area contributed by atoms with Crippen molar-refractivity contribution in [2.75, 3.05) is 25.0 Å². The van der Waals surface area contributed by atoms with Gasteiger partial charge in [-0.15, -0.1) is 0 Å². The molecule has 1 saturated heterocycles. The Bertz CT molecular complexity index is 948. The van der Waals surface area contributed by atoms with Crippen LogP contribution in [0.5, 0.6) is 0 Å². The van der Waals surface area contributed by atoms with Crippen molar-refractivity contribution in [2.45, 2.75) is 26.7 Å². The molecule has 6 nitrogen and oxygen atoms in total. The molecule has 1 aliphatic rings. The van der Waals surface area contributed by atoms with E-state index in [-0.39, 0.29) is 18.4 Å². The van der Waals surface area contributed by atoms with Crippen LogP contribution >= 0.6 is 15.9 Å². The zero-order chi connectivity index (χ0) is 22.4. The molecule has 2 amide bonds. The standard InChI is InChI=1S/C24H29BrN4O2/c1-4-18-10-16(2)14-29(15-18)17(3)21-11-20(25)7-8-22(21)28-23(30)13-27-24(31)19-6-5-9-26-12-19/h5-9,11-12,16,18H,3-4,10,13-15H2,1-2H3,(H,27,31)(H,28,30). The maximum absolute atomic E-state index is 12.5. The van der Waals surface area contributed by atoms with E-state index in [4.69, 9.17) is 0 Å². The van der Waals surface area contributed by atoms with E-state index in [0.29, 0.717) is 23.1 Å². The Morgan fingerprint density at radius 1 is 1.29 bits per heavy atom. The fraction of sp³-hybridized carbons (Fsp3) is 0.375. The number of halogens is 1. The number of hydrogen-bond acceptors (Lipinski definition) is 4. The average molecular weight is 485 g/mol. The van der Waals surface area contributed by atoms with Crippen LogP contribution in [-0.4, -0.2) is 41.3 Å². The highest BCUT2D eigenvalue weighted by molar-refractivity contribution is 9.10. The highest BCUT2D eigenvalue weighted by Gasteiger charge is 2.26. The van der Waals surface area contributed by atoms with Crippen molar-refractivity contribution in [3.63, 3.8) is 0 Å². The lowest BCUT2D eigenvalue weighted by Crippen LogP contribution is -2.38. The maximum atomic E-state index is 12.5. The van der Waals surface area contributed by atoms with Crippen LogP contribution in [0.4, 0.5) is 5.69 Å². The van der Waals surface area contributed by atoms with Gasteiger partial charge in [-0.2, -0.15) is 0 Å². The summed E-state index contributed by atoms with van der Waals surface area (Å²) >= 11 is 3.53. The van der Waals surface area contributed by atoms with Gasteiger partial charge >= 0.3 is 0 Å². The Kier molecular flexibility index (Phi) is 7.85. The van der Waals surface area contributed by atoms with Crippen LogP contribution in [0.1, 0.15) is 42.6 Å². The number of hydrogen-bond donors (Lipinski definition) is 2. The molecule has 2 aromatic rings. The van der Waals surface area contributed by atoms with Crippen LogP contribution in [0, 0.1) is 11.8 Å². The fourth-order valence-corrected chi connectivity index (χ4v) is 4.35. The third kappa shape index (κ3) is 6.17. The first-order valence-electron chi connectivity index (χ1n) is 10.6. The SMILES string of the molecule is C=C(c1cc(Br)ccc1NC(=O)CNC(=O)c1cccnc1)N1CC(C)CC(CC)C1. The van der Waals surface area contributed by atoms with Gasteiger partial charge in [0.2, 0.25) is 5.91 Å². The minimum atomic E-state index is -0.336. The number of pyridine rings is 1. The first-order valence-corrected chi connectivity index (χ1v) is 11.4. The van der Waals surface area contributed by atoms with Gasteiger partial charge in [0, 0.05) is 41.2 Å². The quantitative estimate of drug-likeness (QED) is 0.604. The number of amides is 2. The molecule has 0 aliphatic carbocycles. The van der Waals surface area contributed by atoms with Gasteiger partial charge in [-0.25, -0.2) is 0 Å². The molecule has 2 N–H and O–H groups in total. The number of carbonyl (C=O) groups excluding carboxylic acids is 2. The van der Waals surface area contributed by atoms with Gasteiger partial charge in [0.1, 0.15) is 0 Å². The number of benzene rings is 1. The topological polar surface area (TPSA) is 74.3 Å². The van der Waals surface area contributed by atoms with Crippen molar-refractivity contribution < 1.29 is 9.59 Å². The number of piperidine rings is 1. The summed E-state index contributed by atoms with van der Waals surface area (Å²) < 4.78 is 0.920. The van der Waals surface area contributed by atoms with Crippen molar-refractivity contribution in [2.24, 2.45) is 11.8 Å². The van der Waals surface area contributed by atoms with Crippen LogP contribution < -0.4 is 10.6 Å². The first-order chi connectivity index (χ1) is 14.9. The highest BCUT2D eigenvalue weighted by atomic mass is 79.9. The van der Waals surface area contributed by atoms with Crippen LogP contribution in [0.25, 0.3) is 5.70 Å². The van der Waals surface area contributed by atoms with E-state index < -0.39 is 0 Å². The summed E-state index contributed by atoms with van der Waals surface area (Å²) in [6.45, 7) is 10.7. The number of carbonyl (C=O) groups is 2. The summed E-state index contributed by atoms with van der Waals surface area (Å²) in [7, 11) is 0. The lowest BCUT2D eigenvalue weighted by atomic mass is 9.88. The van der Waals surface area contributed by atoms with E-state index in [1.54, 1.807) is 18.3 Å². The van der Waals surface area contributed by atoms with Crippen LogP contribution in [-0.2, 0) is 4.79 Å². The van der Waals surface area contributed by atoms with Gasteiger partial charge in [-0.05, 0) is 48.6 Å². The molecule has 0 spiro atoms. The summed E-state index contributed by atoms with van der Waals surface area (Å²) in [4.78, 5) is 30.9. The minimum Gasteiger partial charge on any atom is -0.371 e. The fourth-order valence-electron chi connectivity index (χ4n) is 3.99. The molecule has 0 saturated carbocycles. The van der Waals surface area contributed by atoms with Crippen LogP contribution in [0.2, 0.25) is 0 Å². The molecule has 31 heavy (non-hydrogen) atoms. The normalized spacial score (nSPS) is 18.4. The number of nitrogens with zero attached hydrogens (tertiary/aromatic N) is 2. The first kappa shape index (κ1) is 23.0. The number of aromatic nitrogens is 1. The molecule has 0 radical (unpaired) electrons. The summed E-state index contributed by atoms with van der Waals surface area (Å²) in [6.07, 6.45) is 5.44. The second kappa shape index (κ2) is 10.6. The molecule has 2 unspecified atom stereocenters. The predicted molar refractivity (Wildman–Crippen MR) is 128 cm³/mol. The van der Waals surface area contributed by atoms with E-state index in [0.717, 1.165) is 35.2 Å². The van der Waals surface area contributed by atoms with Crippen molar-refractivity contribution >= 4 is 39.1 Å². The highest BCUT2D eigenvalue weighted by Crippen LogP contribution is 2.33. The molecular formula is C24H29BrN4O2. The molecule has 3 rings (SSSR count). The summed E-state index contributed by atoms with van der Waals surface area (Å²) in [5, 5.41) is 5.55. The summed E-state index contributed by atoms with van der Waals surface area (Å²) in [6, 6.07) is 9.05. The van der Waals surface area contributed by atoms with Crippen molar-refractivity contribution in [1.82, 2.24) is 15.2 Å². The molecule has 2 atom stereocenters. The molecule has 0 bridgehead atoms. The smallest absolute Gasteiger partial charge is 0.253 e. The minimum absolute atomic E-state index is 0.131. The Hall–Kier alpha value is -2.67. The number of likely N-dealkylation sites (tertiary alicyclic amines) is 1. The summed E-state index contributed by atoms with van der Waals surface area (Å²) in [5.41, 5.74) is 2.88. The Morgan fingerprint density at radius 2 is 2.10 bits per heavy atom. The molecule has 164 valence electrons. The van der Waals surface area contributed by atoms with E-state index in [1.807, 2.05) is 18.2 Å². The monoisotopic (exact) mass is 484 g/mol. The molecule has 7 heteroatoms. The van der Waals surface area contributed by atoms with Gasteiger partial charge < -0.3 is 15.5 Å². The number of nitrogens with one attached hydrogen (secondary N) is 2. The van der Waals surface area contributed by atoms with Crippen molar-refractivity contribution in [3.8, 4) is 0 Å². The van der Waals surface area contributed by atoms with E-state index >= 15 is 0 Å². The third-order valence-corrected chi connectivity index (χ3v) is 6.10. The molecule has 1 aromatic heterocycles. The molecule has 1 fully saturated rings. The van der Waals surface area contributed by atoms with Crippen LogP contribution in [0.15, 0.2) is 53.8 Å².